The molecule has 3 aromatic carbocycles. The van der Waals surface area contributed by atoms with Gasteiger partial charge in [0.2, 0.25) is 6.79 Å². The molecule has 1 aromatic heterocycles. The summed E-state index contributed by atoms with van der Waals surface area (Å²) in [5.74, 6) is 2.29. The van der Waals surface area contributed by atoms with Gasteiger partial charge in [0.25, 0.3) is 5.91 Å². The zero-order valence-corrected chi connectivity index (χ0v) is 21.7. The second-order valence-corrected chi connectivity index (χ2v) is 10.0. The maximum absolute atomic E-state index is 13.1. The minimum atomic E-state index is -0.429. The predicted octanol–water partition coefficient (Wildman–Crippen LogP) is 6.05. The Bertz CT molecular complexity index is 1440. The number of nitrogens with zero attached hydrogens (tertiary/aromatic N) is 3. The molecular formula is C27H25ClN4O3S. The van der Waals surface area contributed by atoms with Crippen LogP contribution in [0.5, 0.6) is 11.5 Å². The quantitative estimate of drug-likeness (QED) is 0.299. The lowest BCUT2D eigenvalue weighted by Crippen LogP contribution is -2.28. The molecule has 0 bridgehead atoms. The number of thioether (sulfide) groups is 1. The largest absolute Gasteiger partial charge is 0.454 e. The van der Waals surface area contributed by atoms with E-state index in [0.717, 1.165) is 22.2 Å². The number of halogens is 1. The molecule has 1 aliphatic rings. The number of ether oxygens (including phenoxy) is 2. The number of benzene rings is 3. The van der Waals surface area contributed by atoms with E-state index in [4.69, 9.17) is 21.1 Å². The third-order valence-electron chi connectivity index (χ3n) is 5.89. The average Bonchev–Trinajstić information content (AvgIpc) is 3.50. The third-order valence-corrected chi connectivity index (χ3v) is 7.13. The van der Waals surface area contributed by atoms with Crippen LogP contribution in [0, 0.1) is 13.8 Å². The average molecular weight is 521 g/mol. The van der Waals surface area contributed by atoms with Crippen molar-refractivity contribution in [2.75, 3.05) is 6.79 Å². The SMILES string of the molecule is Cc1cccc(CSc2nnc(C(C)NC(=O)c3ccc4c(c3)OCO4)n2-c2cc(Cl)ccc2C)c1. The van der Waals surface area contributed by atoms with Crippen LogP contribution in [0.3, 0.4) is 0 Å². The fourth-order valence-electron chi connectivity index (χ4n) is 4.04. The van der Waals surface area contributed by atoms with Crippen LogP contribution in [0.4, 0.5) is 0 Å². The number of rotatable bonds is 7. The van der Waals surface area contributed by atoms with E-state index in [9.17, 15) is 4.79 Å². The van der Waals surface area contributed by atoms with E-state index in [1.165, 1.54) is 11.1 Å². The van der Waals surface area contributed by atoms with Gasteiger partial charge in [-0.05, 0) is 62.2 Å². The summed E-state index contributed by atoms with van der Waals surface area (Å²) >= 11 is 7.95. The predicted molar refractivity (Wildman–Crippen MR) is 140 cm³/mol. The highest BCUT2D eigenvalue weighted by molar-refractivity contribution is 7.98. The van der Waals surface area contributed by atoms with E-state index in [-0.39, 0.29) is 12.7 Å². The molecule has 0 spiro atoms. The summed E-state index contributed by atoms with van der Waals surface area (Å²) in [5.41, 5.74) is 4.78. The second-order valence-electron chi connectivity index (χ2n) is 8.65. The molecule has 7 nitrogen and oxygen atoms in total. The van der Waals surface area contributed by atoms with E-state index in [1.54, 1.807) is 30.0 Å². The van der Waals surface area contributed by atoms with E-state index in [0.29, 0.717) is 27.9 Å². The van der Waals surface area contributed by atoms with E-state index in [1.807, 2.05) is 36.6 Å². The summed E-state index contributed by atoms with van der Waals surface area (Å²) in [6.07, 6.45) is 0. The number of hydrogen-bond donors (Lipinski definition) is 1. The highest BCUT2D eigenvalue weighted by atomic mass is 35.5. The number of aryl methyl sites for hydroxylation is 2. The number of amides is 1. The molecule has 184 valence electrons. The fourth-order valence-corrected chi connectivity index (χ4v) is 5.10. The summed E-state index contributed by atoms with van der Waals surface area (Å²) < 4.78 is 12.7. The Morgan fingerprint density at radius 2 is 1.92 bits per heavy atom. The highest BCUT2D eigenvalue weighted by Crippen LogP contribution is 2.33. The van der Waals surface area contributed by atoms with Gasteiger partial charge in [-0.2, -0.15) is 0 Å². The molecule has 0 radical (unpaired) electrons. The number of carbonyl (C=O) groups is 1. The van der Waals surface area contributed by atoms with Gasteiger partial charge in [-0.3, -0.25) is 9.36 Å². The number of nitrogens with one attached hydrogen (secondary N) is 1. The summed E-state index contributed by atoms with van der Waals surface area (Å²) in [7, 11) is 0. The van der Waals surface area contributed by atoms with Gasteiger partial charge in [-0.15, -0.1) is 10.2 Å². The molecular weight excluding hydrogens is 496 g/mol. The molecule has 5 rings (SSSR count). The van der Waals surface area contributed by atoms with Crippen molar-refractivity contribution in [2.24, 2.45) is 0 Å². The van der Waals surface area contributed by atoms with Crippen LogP contribution >= 0.6 is 23.4 Å². The first-order valence-electron chi connectivity index (χ1n) is 11.5. The molecule has 0 saturated carbocycles. The standard InChI is InChI=1S/C27H25ClN4O3S/c1-16-5-4-6-19(11-16)14-36-27-31-30-25(32(27)22-13-21(28)9-7-17(22)2)18(3)29-26(33)20-8-10-23-24(12-20)35-15-34-23/h4-13,18H,14-15H2,1-3H3,(H,29,33). The Balaban J connectivity index is 1.45. The van der Waals surface area contributed by atoms with Crippen LogP contribution in [0.1, 0.15) is 45.8 Å². The number of hydrogen-bond acceptors (Lipinski definition) is 6. The van der Waals surface area contributed by atoms with Crippen molar-refractivity contribution in [2.45, 2.75) is 37.7 Å². The molecule has 1 amide bonds. The molecule has 36 heavy (non-hydrogen) atoms. The first-order valence-corrected chi connectivity index (χ1v) is 12.9. The Morgan fingerprint density at radius 1 is 1.08 bits per heavy atom. The molecule has 4 aromatic rings. The first-order chi connectivity index (χ1) is 17.4. The van der Waals surface area contributed by atoms with Gasteiger partial charge in [-0.1, -0.05) is 59.3 Å². The van der Waals surface area contributed by atoms with E-state index >= 15 is 0 Å². The molecule has 0 fully saturated rings. The highest BCUT2D eigenvalue weighted by Gasteiger charge is 2.24. The Kier molecular flexibility index (Phi) is 6.89. The topological polar surface area (TPSA) is 78.3 Å². The van der Waals surface area contributed by atoms with Crippen LogP contribution in [0.2, 0.25) is 5.02 Å². The minimum absolute atomic E-state index is 0.155. The first kappa shape index (κ1) is 24.2. The summed E-state index contributed by atoms with van der Waals surface area (Å²) in [5, 5.41) is 13.4. The molecule has 1 aliphatic heterocycles. The zero-order valence-electron chi connectivity index (χ0n) is 20.1. The van der Waals surface area contributed by atoms with Crippen molar-refractivity contribution in [3.8, 4) is 17.2 Å². The van der Waals surface area contributed by atoms with Gasteiger partial charge in [0.05, 0.1) is 11.7 Å². The molecule has 0 aliphatic carbocycles. The summed E-state index contributed by atoms with van der Waals surface area (Å²) in [6, 6.07) is 18.8. The Labute approximate surface area is 218 Å². The molecule has 1 N–H and O–H groups in total. The summed E-state index contributed by atoms with van der Waals surface area (Å²) in [6.45, 7) is 6.14. The molecule has 1 atom stereocenters. The number of fused-ring (bicyclic) bond motifs is 1. The van der Waals surface area contributed by atoms with Crippen molar-refractivity contribution in [3.63, 3.8) is 0 Å². The van der Waals surface area contributed by atoms with Gasteiger partial charge in [0, 0.05) is 16.3 Å². The lowest BCUT2D eigenvalue weighted by Gasteiger charge is -2.18. The van der Waals surface area contributed by atoms with E-state index < -0.39 is 6.04 Å². The van der Waals surface area contributed by atoms with Crippen molar-refractivity contribution in [1.29, 1.82) is 0 Å². The van der Waals surface area contributed by atoms with Crippen molar-refractivity contribution in [1.82, 2.24) is 20.1 Å². The van der Waals surface area contributed by atoms with Gasteiger partial charge in [-0.25, -0.2) is 0 Å². The van der Waals surface area contributed by atoms with Crippen LogP contribution in [0.15, 0.2) is 65.8 Å². The van der Waals surface area contributed by atoms with Crippen LogP contribution < -0.4 is 14.8 Å². The number of carbonyl (C=O) groups excluding carboxylic acids is 1. The number of aromatic nitrogens is 3. The normalized spacial score (nSPS) is 13.0. The van der Waals surface area contributed by atoms with Crippen molar-refractivity contribution < 1.29 is 14.3 Å². The molecule has 0 saturated heterocycles. The Morgan fingerprint density at radius 3 is 2.75 bits per heavy atom. The molecule has 9 heteroatoms. The maximum Gasteiger partial charge on any atom is 0.252 e. The fraction of sp³-hybridized carbons (Fsp3) is 0.222. The van der Waals surface area contributed by atoms with Crippen molar-refractivity contribution >= 4 is 29.3 Å². The van der Waals surface area contributed by atoms with Crippen LogP contribution in [-0.2, 0) is 5.75 Å². The van der Waals surface area contributed by atoms with E-state index in [2.05, 4.69) is 46.7 Å². The molecule has 1 unspecified atom stereocenters. The lowest BCUT2D eigenvalue weighted by atomic mass is 10.1. The van der Waals surface area contributed by atoms with Gasteiger partial charge in [0.15, 0.2) is 22.5 Å². The van der Waals surface area contributed by atoms with Gasteiger partial charge in [0.1, 0.15) is 0 Å². The summed E-state index contributed by atoms with van der Waals surface area (Å²) in [4.78, 5) is 13.1. The lowest BCUT2D eigenvalue weighted by molar-refractivity contribution is 0.0937. The maximum atomic E-state index is 13.1. The van der Waals surface area contributed by atoms with Gasteiger partial charge >= 0.3 is 0 Å². The third kappa shape index (κ3) is 5.05. The second kappa shape index (κ2) is 10.2. The zero-order chi connectivity index (χ0) is 25.2. The van der Waals surface area contributed by atoms with Crippen LogP contribution in [-0.4, -0.2) is 27.5 Å². The van der Waals surface area contributed by atoms with Crippen molar-refractivity contribution in [3.05, 3.63) is 93.8 Å². The minimum Gasteiger partial charge on any atom is -0.454 e. The van der Waals surface area contributed by atoms with Crippen LogP contribution in [0.25, 0.3) is 5.69 Å². The van der Waals surface area contributed by atoms with Gasteiger partial charge < -0.3 is 14.8 Å². The smallest absolute Gasteiger partial charge is 0.252 e. The molecule has 2 heterocycles. The monoisotopic (exact) mass is 520 g/mol. The Hall–Kier alpha value is -3.49.